The molecule has 0 radical (unpaired) electrons. The number of hydrogen-bond donors (Lipinski definition) is 0. The molecule has 3 aromatic rings. The van der Waals surface area contributed by atoms with Crippen molar-refractivity contribution in [2.24, 2.45) is 0 Å². The number of anilines is 1. The van der Waals surface area contributed by atoms with Crippen LogP contribution in [0.1, 0.15) is 27.8 Å². The van der Waals surface area contributed by atoms with Crippen molar-refractivity contribution in [3.63, 3.8) is 0 Å². The minimum Gasteiger partial charge on any atom is -0.378 e. The molecule has 0 spiro atoms. The van der Waals surface area contributed by atoms with E-state index in [0.717, 1.165) is 17.0 Å². The average Bonchev–Trinajstić information content (AvgIpc) is 2.54. The van der Waals surface area contributed by atoms with Crippen LogP contribution in [-0.2, 0) is 0 Å². The number of aryl methyl sites for hydroxylation is 5. The number of hydroxylamine groups is 1. The van der Waals surface area contributed by atoms with E-state index >= 15 is 0 Å². The molecule has 2 nitrogen and oxygen atoms in total. The monoisotopic (exact) mass is 343 g/mol. The summed E-state index contributed by atoms with van der Waals surface area (Å²) in [5.74, 6) is 0.949. The molecule has 132 valence electrons. The Morgan fingerprint density at radius 3 is 1.81 bits per heavy atom. The van der Waals surface area contributed by atoms with Gasteiger partial charge in [-0.05, 0) is 68.5 Å². The summed E-state index contributed by atoms with van der Waals surface area (Å²) in [6.07, 6.45) is 0. The molecule has 0 atom stereocenters. The van der Waals surface area contributed by atoms with Crippen molar-refractivity contribution < 1.29 is 4.84 Å². The SMILES string of the molecule is Cc1cc(C)c(-c2cccc3c2ON(C)c2cc(C)cc(C)c2-3)c(C)c1. The second kappa shape index (κ2) is 5.91. The summed E-state index contributed by atoms with van der Waals surface area (Å²) in [6.45, 7) is 10.8. The van der Waals surface area contributed by atoms with Crippen LogP contribution in [0.4, 0.5) is 5.69 Å². The van der Waals surface area contributed by atoms with E-state index in [-0.39, 0.29) is 0 Å². The molecular formula is C24H25NO. The van der Waals surface area contributed by atoms with Crippen molar-refractivity contribution in [2.75, 3.05) is 12.1 Å². The fraction of sp³-hybridized carbons (Fsp3) is 0.250. The lowest BCUT2D eigenvalue weighted by atomic mass is 9.88. The Morgan fingerprint density at radius 1 is 0.692 bits per heavy atom. The zero-order valence-corrected chi connectivity index (χ0v) is 16.4. The van der Waals surface area contributed by atoms with Gasteiger partial charge in [-0.2, -0.15) is 0 Å². The predicted molar refractivity (Wildman–Crippen MR) is 110 cm³/mol. The number of rotatable bonds is 1. The van der Waals surface area contributed by atoms with E-state index in [2.05, 4.69) is 77.1 Å². The molecule has 1 aliphatic rings. The number of hydrogen-bond acceptors (Lipinski definition) is 2. The fourth-order valence-electron chi connectivity index (χ4n) is 4.36. The Balaban J connectivity index is 2.02. The van der Waals surface area contributed by atoms with Crippen molar-refractivity contribution in [3.05, 3.63) is 70.3 Å². The van der Waals surface area contributed by atoms with E-state index in [1.165, 1.54) is 44.5 Å². The first kappa shape index (κ1) is 16.7. The summed E-state index contributed by atoms with van der Waals surface area (Å²) in [5.41, 5.74) is 12.4. The van der Waals surface area contributed by atoms with Gasteiger partial charge >= 0.3 is 0 Å². The molecule has 0 aromatic heterocycles. The zero-order chi connectivity index (χ0) is 18.6. The molecular weight excluding hydrogens is 318 g/mol. The first-order valence-corrected chi connectivity index (χ1v) is 9.11. The predicted octanol–water partition coefficient (Wildman–Crippen LogP) is 6.31. The highest BCUT2D eigenvalue weighted by Crippen LogP contribution is 2.49. The second-order valence-electron chi connectivity index (χ2n) is 7.52. The van der Waals surface area contributed by atoms with Crippen molar-refractivity contribution in [3.8, 4) is 28.0 Å². The summed E-state index contributed by atoms with van der Waals surface area (Å²) in [7, 11) is 1.99. The van der Waals surface area contributed by atoms with E-state index in [9.17, 15) is 0 Å². The topological polar surface area (TPSA) is 12.5 Å². The Morgan fingerprint density at radius 2 is 1.19 bits per heavy atom. The Labute approximate surface area is 156 Å². The Bertz CT molecular complexity index is 1010. The molecule has 3 aromatic carbocycles. The van der Waals surface area contributed by atoms with Gasteiger partial charge in [-0.15, -0.1) is 0 Å². The molecule has 26 heavy (non-hydrogen) atoms. The largest absolute Gasteiger partial charge is 0.378 e. The van der Waals surface area contributed by atoms with Crippen LogP contribution in [0, 0.1) is 34.6 Å². The van der Waals surface area contributed by atoms with Crippen molar-refractivity contribution in [1.29, 1.82) is 0 Å². The number of para-hydroxylation sites is 1. The molecule has 1 heterocycles. The lowest BCUT2D eigenvalue weighted by Crippen LogP contribution is -2.26. The molecule has 4 rings (SSSR count). The highest BCUT2D eigenvalue weighted by Gasteiger charge is 2.27. The van der Waals surface area contributed by atoms with Gasteiger partial charge in [0.05, 0.1) is 5.69 Å². The maximum absolute atomic E-state index is 6.33. The Kier molecular flexibility index (Phi) is 3.80. The van der Waals surface area contributed by atoms with E-state index < -0.39 is 0 Å². The molecule has 0 fully saturated rings. The van der Waals surface area contributed by atoms with E-state index in [4.69, 9.17) is 4.84 Å². The van der Waals surface area contributed by atoms with E-state index in [0.29, 0.717) is 0 Å². The molecule has 1 aliphatic heterocycles. The third-order valence-corrected chi connectivity index (χ3v) is 5.26. The quantitative estimate of drug-likeness (QED) is 0.513. The lowest BCUT2D eigenvalue weighted by molar-refractivity contribution is 0.301. The Hall–Kier alpha value is -2.74. The molecule has 0 saturated heterocycles. The molecule has 0 aliphatic carbocycles. The summed E-state index contributed by atoms with van der Waals surface area (Å²) in [6, 6.07) is 15.4. The molecule has 0 amide bonds. The van der Waals surface area contributed by atoms with Gasteiger partial charge in [-0.1, -0.05) is 42.0 Å². The standard InChI is InChI=1S/C24H25NO/c1-14-10-16(3)22(17(4)11-14)19-8-7-9-20-23-18(5)12-15(2)13-21(23)25(6)26-24(19)20/h7-13H,1-6H3. The van der Waals surface area contributed by atoms with Crippen LogP contribution < -0.4 is 9.90 Å². The summed E-state index contributed by atoms with van der Waals surface area (Å²) < 4.78 is 0. The molecule has 0 N–H and O–H groups in total. The second-order valence-corrected chi connectivity index (χ2v) is 7.52. The smallest absolute Gasteiger partial charge is 0.171 e. The number of benzene rings is 3. The van der Waals surface area contributed by atoms with Gasteiger partial charge in [0.25, 0.3) is 0 Å². The highest BCUT2D eigenvalue weighted by molar-refractivity contribution is 5.92. The van der Waals surface area contributed by atoms with E-state index in [1.807, 2.05) is 12.1 Å². The minimum atomic E-state index is 0.949. The average molecular weight is 343 g/mol. The van der Waals surface area contributed by atoms with Crippen LogP contribution in [0.5, 0.6) is 5.75 Å². The van der Waals surface area contributed by atoms with E-state index in [1.54, 1.807) is 0 Å². The van der Waals surface area contributed by atoms with Crippen LogP contribution in [0.15, 0.2) is 42.5 Å². The van der Waals surface area contributed by atoms with Crippen LogP contribution in [0.3, 0.4) is 0 Å². The van der Waals surface area contributed by atoms with Gasteiger partial charge in [0.1, 0.15) is 0 Å². The highest BCUT2D eigenvalue weighted by atomic mass is 16.7. The van der Waals surface area contributed by atoms with Crippen molar-refractivity contribution in [1.82, 2.24) is 0 Å². The van der Waals surface area contributed by atoms with Gasteiger partial charge in [0.15, 0.2) is 5.75 Å². The number of nitrogens with zero attached hydrogens (tertiary/aromatic N) is 1. The van der Waals surface area contributed by atoms with Crippen LogP contribution in [-0.4, -0.2) is 7.05 Å². The van der Waals surface area contributed by atoms with Crippen LogP contribution >= 0.6 is 0 Å². The first-order valence-electron chi connectivity index (χ1n) is 9.11. The van der Waals surface area contributed by atoms with Crippen LogP contribution in [0.25, 0.3) is 22.3 Å². The zero-order valence-electron chi connectivity index (χ0n) is 16.4. The maximum Gasteiger partial charge on any atom is 0.171 e. The van der Waals surface area contributed by atoms with Gasteiger partial charge in [0.2, 0.25) is 0 Å². The van der Waals surface area contributed by atoms with Crippen LogP contribution in [0.2, 0.25) is 0 Å². The first-order chi connectivity index (χ1) is 12.4. The fourth-order valence-corrected chi connectivity index (χ4v) is 4.36. The minimum absolute atomic E-state index is 0.949. The summed E-state index contributed by atoms with van der Waals surface area (Å²) in [4.78, 5) is 6.33. The lowest BCUT2D eigenvalue weighted by Gasteiger charge is -2.32. The molecule has 0 bridgehead atoms. The number of fused-ring (bicyclic) bond motifs is 3. The molecule has 0 saturated carbocycles. The summed E-state index contributed by atoms with van der Waals surface area (Å²) in [5, 5.41) is 1.90. The van der Waals surface area contributed by atoms with Gasteiger partial charge in [0, 0.05) is 23.7 Å². The van der Waals surface area contributed by atoms with Crippen molar-refractivity contribution >= 4 is 5.69 Å². The van der Waals surface area contributed by atoms with Gasteiger partial charge < -0.3 is 4.84 Å². The van der Waals surface area contributed by atoms with Crippen molar-refractivity contribution in [2.45, 2.75) is 34.6 Å². The normalized spacial score (nSPS) is 12.5. The van der Waals surface area contributed by atoms with Gasteiger partial charge in [-0.25, -0.2) is 5.06 Å². The molecule has 0 unspecified atom stereocenters. The summed E-state index contributed by atoms with van der Waals surface area (Å²) >= 11 is 0. The molecule has 2 heteroatoms. The third kappa shape index (κ3) is 2.48. The van der Waals surface area contributed by atoms with Gasteiger partial charge in [-0.3, -0.25) is 0 Å². The maximum atomic E-state index is 6.33. The third-order valence-electron chi connectivity index (χ3n) is 5.26.